The van der Waals surface area contributed by atoms with Crippen molar-refractivity contribution < 1.29 is 0 Å². The maximum atomic E-state index is 2.49. The molecule has 0 aromatic heterocycles. The maximum absolute atomic E-state index is 2.49. The quantitative estimate of drug-likeness (QED) is 0.498. The van der Waals surface area contributed by atoms with Crippen LogP contribution in [0.3, 0.4) is 0 Å². The maximum Gasteiger partial charge on any atom is -0.0204 e. The molecule has 3 aliphatic carbocycles. The molecule has 0 radical (unpaired) electrons. The summed E-state index contributed by atoms with van der Waals surface area (Å²) in [6.45, 7) is 7.42. The van der Waals surface area contributed by atoms with Crippen LogP contribution in [0.2, 0.25) is 0 Å². The van der Waals surface area contributed by atoms with Gasteiger partial charge in [0.1, 0.15) is 0 Å². The monoisotopic (exact) mass is 150 g/mol. The molecule has 3 rings (SSSR count). The second kappa shape index (κ2) is 1.53. The third-order valence-electron chi connectivity index (χ3n) is 5.16. The first kappa shape index (κ1) is 6.51. The van der Waals surface area contributed by atoms with Gasteiger partial charge < -0.3 is 0 Å². The summed E-state index contributed by atoms with van der Waals surface area (Å²) in [5, 5.41) is 0. The fourth-order valence-electron chi connectivity index (χ4n) is 4.09. The zero-order valence-electron chi connectivity index (χ0n) is 7.80. The average Bonchev–Trinajstić information content (AvgIpc) is 2.69. The van der Waals surface area contributed by atoms with Gasteiger partial charge in [0.05, 0.1) is 0 Å². The molecule has 0 saturated heterocycles. The average molecular weight is 150 g/mol. The van der Waals surface area contributed by atoms with Crippen LogP contribution in [-0.4, -0.2) is 0 Å². The molecule has 6 unspecified atom stereocenters. The number of fused-ring (bicyclic) bond motifs is 1. The molecule has 3 fully saturated rings. The van der Waals surface area contributed by atoms with Gasteiger partial charge >= 0.3 is 0 Å². The summed E-state index contributed by atoms with van der Waals surface area (Å²) in [6, 6.07) is 0. The number of hydrogen-bond donors (Lipinski definition) is 0. The Bertz CT molecular complexity index is 208. The third-order valence-corrected chi connectivity index (χ3v) is 5.16. The fourth-order valence-corrected chi connectivity index (χ4v) is 4.09. The van der Waals surface area contributed by atoms with Gasteiger partial charge in [-0.3, -0.25) is 0 Å². The summed E-state index contributed by atoms with van der Waals surface area (Å²) in [5.41, 5.74) is 0.923. The van der Waals surface area contributed by atoms with Crippen LogP contribution in [0.1, 0.15) is 33.6 Å². The summed E-state index contributed by atoms with van der Waals surface area (Å²) in [4.78, 5) is 0. The molecule has 0 heteroatoms. The van der Waals surface area contributed by atoms with Gasteiger partial charge in [-0.2, -0.15) is 0 Å². The van der Waals surface area contributed by atoms with Gasteiger partial charge in [0.15, 0.2) is 0 Å². The van der Waals surface area contributed by atoms with Gasteiger partial charge in [0.2, 0.25) is 0 Å². The molecule has 6 atom stereocenters. The summed E-state index contributed by atoms with van der Waals surface area (Å²) in [5.74, 6) is 5.47. The third kappa shape index (κ3) is 0.522. The van der Waals surface area contributed by atoms with E-state index in [9.17, 15) is 0 Å². The summed E-state index contributed by atoms with van der Waals surface area (Å²) < 4.78 is 0. The Morgan fingerprint density at radius 3 is 2.55 bits per heavy atom. The summed E-state index contributed by atoms with van der Waals surface area (Å²) >= 11 is 0. The molecule has 11 heavy (non-hydrogen) atoms. The lowest BCUT2D eigenvalue weighted by atomic mass is 9.70. The summed E-state index contributed by atoms with van der Waals surface area (Å²) in [7, 11) is 0. The topological polar surface area (TPSA) is 0 Å². The van der Waals surface area contributed by atoms with Gasteiger partial charge in [-0.1, -0.05) is 20.8 Å². The predicted molar refractivity (Wildman–Crippen MR) is 46.1 cm³/mol. The highest BCUT2D eigenvalue weighted by Crippen LogP contribution is 2.88. The van der Waals surface area contributed by atoms with Crippen LogP contribution in [0, 0.1) is 35.0 Å². The molecule has 0 aromatic carbocycles. The van der Waals surface area contributed by atoms with E-state index in [-0.39, 0.29) is 0 Å². The van der Waals surface area contributed by atoms with E-state index in [0.29, 0.717) is 0 Å². The van der Waals surface area contributed by atoms with E-state index in [4.69, 9.17) is 0 Å². The van der Waals surface area contributed by atoms with Crippen LogP contribution in [0.4, 0.5) is 0 Å². The Morgan fingerprint density at radius 1 is 1.18 bits per heavy atom. The minimum absolute atomic E-state index is 0.923. The van der Waals surface area contributed by atoms with Crippen molar-refractivity contribution in [3.63, 3.8) is 0 Å². The van der Waals surface area contributed by atoms with Crippen molar-refractivity contribution in [3.8, 4) is 0 Å². The Morgan fingerprint density at radius 2 is 1.91 bits per heavy atom. The molecule has 62 valence electrons. The largest absolute Gasteiger partial charge is 0.0622 e. The van der Waals surface area contributed by atoms with Crippen LogP contribution in [0.15, 0.2) is 0 Å². The molecule has 0 N–H and O–H groups in total. The molecule has 0 nitrogen and oxygen atoms in total. The first-order valence-electron chi connectivity index (χ1n) is 5.18. The standard InChI is InChI=1S/C11H18/c1-6-4-7(2)11-5-9(11)10(11)8(6)3/h6-10H,4-5H2,1-3H3. The van der Waals surface area contributed by atoms with Gasteiger partial charge in [-0.05, 0) is 47.8 Å². The highest BCUT2D eigenvalue weighted by molar-refractivity contribution is 5.30. The van der Waals surface area contributed by atoms with Crippen LogP contribution < -0.4 is 0 Å². The molecular formula is C11H18. The van der Waals surface area contributed by atoms with Crippen molar-refractivity contribution in [2.24, 2.45) is 35.0 Å². The molecule has 0 amide bonds. The van der Waals surface area contributed by atoms with Crippen molar-refractivity contribution in [1.29, 1.82) is 0 Å². The fraction of sp³-hybridized carbons (Fsp3) is 1.00. The lowest BCUT2D eigenvalue weighted by Crippen LogP contribution is -2.28. The van der Waals surface area contributed by atoms with Crippen molar-refractivity contribution >= 4 is 0 Å². The number of rotatable bonds is 0. The van der Waals surface area contributed by atoms with E-state index >= 15 is 0 Å². The molecule has 0 aliphatic heterocycles. The Balaban J connectivity index is 1.88. The van der Waals surface area contributed by atoms with E-state index in [1.165, 1.54) is 18.3 Å². The smallest absolute Gasteiger partial charge is 0.0204 e. The Kier molecular flexibility index (Phi) is 0.906. The van der Waals surface area contributed by atoms with E-state index in [1.807, 2.05) is 0 Å². The molecule has 0 aromatic rings. The van der Waals surface area contributed by atoms with E-state index < -0.39 is 0 Å². The highest BCUT2D eigenvalue weighted by atomic mass is 14.9. The molecule has 1 spiro atoms. The lowest BCUT2D eigenvalue weighted by molar-refractivity contribution is 0.137. The molecule has 0 bridgehead atoms. The van der Waals surface area contributed by atoms with E-state index in [1.54, 1.807) is 6.42 Å². The SMILES string of the molecule is CC1CC(C)C23CC2C3C1C. The minimum Gasteiger partial charge on any atom is -0.0622 e. The van der Waals surface area contributed by atoms with Crippen LogP contribution >= 0.6 is 0 Å². The van der Waals surface area contributed by atoms with Crippen molar-refractivity contribution in [2.45, 2.75) is 33.6 Å². The summed E-state index contributed by atoms with van der Waals surface area (Å²) in [6.07, 6.45) is 3.10. The minimum atomic E-state index is 0.923. The lowest BCUT2D eigenvalue weighted by Gasteiger charge is -2.35. The highest BCUT2D eigenvalue weighted by Gasteiger charge is 2.82. The van der Waals surface area contributed by atoms with Crippen LogP contribution in [0.5, 0.6) is 0 Å². The molecule has 3 saturated carbocycles. The number of hydrogen-bond acceptors (Lipinski definition) is 0. The Labute approximate surface area is 69.4 Å². The first-order chi connectivity index (χ1) is 5.18. The van der Waals surface area contributed by atoms with E-state index in [2.05, 4.69) is 20.8 Å². The predicted octanol–water partition coefficient (Wildman–Crippen LogP) is 2.93. The van der Waals surface area contributed by atoms with E-state index in [0.717, 1.165) is 23.2 Å². The first-order valence-corrected chi connectivity index (χ1v) is 5.18. The van der Waals surface area contributed by atoms with Gasteiger partial charge in [0.25, 0.3) is 0 Å². The van der Waals surface area contributed by atoms with Gasteiger partial charge in [-0.15, -0.1) is 0 Å². The molecule has 3 aliphatic rings. The van der Waals surface area contributed by atoms with Gasteiger partial charge in [0, 0.05) is 0 Å². The molecular weight excluding hydrogens is 132 g/mol. The normalized spacial score (nSPS) is 71.7. The second-order valence-electron chi connectivity index (χ2n) is 5.42. The zero-order valence-corrected chi connectivity index (χ0v) is 7.80. The zero-order chi connectivity index (χ0) is 7.80. The van der Waals surface area contributed by atoms with Crippen molar-refractivity contribution in [1.82, 2.24) is 0 Å². The Hall–Kier alpha value is 0. The van der Waals surface area contributed by atoms with Crippen LogP contribution in [-0.2, 0) is 0 Å². The van der Waals surface area contributed by atoms with Crippen LogP contribution in [0.25, 0.3) is 0 Å². The van der Waals surface area contributed by atoms with Crippen molar-refractivity contribution in [2.75, 3.05) is 0 Å². The molecule has 0 heterocycles. The van der Waals surface area contributed by atoms with Crippen molar-refractivity contribution in [3.05, 3.63) is 0 Å². The second-order valence-corrected chi connectivity index (χ2v) is 5.42. The van der Waals surface area contributed by atoms with Gasteiger partial charge in [-0.25, -0.2) is 0 Å².